The van der Waals surface area contributed by atoms with E-state index in [4.69, 9.17) is 0 Å². The van der Waals surface area contributed by atoms with Crippen LogP contribution in [0.3, 0.4) is 0 Å². The third-order valence-corrected chi connectivity index (χ3v) is 6.33. The summed E-state index contributed by atoms with van der Waals surface area (Å²) in [5.74, 6) is -0.127. The smallest absolute Gasteiger partial charge is 0.251 e. The van der Waals surface area contributed by atoms with Crippen LogP contribution in [0.5, 0.6) is 0 Å². The molecule has 0 saturated carbocycles. The molecule has 0 aliphatic carbocycles. The van der Waals surface area contributed by atoms with Crippen molar-refractivity contribution in [2.45, 2.75) is 25.3 Å². The highest BCUT2D eigenvalue weighted by molar-refractivity contribution is 5.94. The van der Waals surface area contributed by atoms with Crippen LogP contribution in [0, 0.1) is 0 Å². The number of rotatable bonds is 6. The van der Waals surface area contributed by atoms with Crippen molar-refractivity contribution in [2.24, 2.45) is 0 Å². The molecule has 2 saturated heterocycles. The number of hydrogen-bond acceptors (Lipinski definition) is 5. The van der Waals surface area contributed by atoms with Crippen LogP contribution in [0.2, 0.25) is 0 Å². The zero-order valence-electron chi connectivity index (χ0n) is 18.8. The number of hydrogen-bond donors (Lipinski definition) is 3. The molecule has 7 heteroatoms. The van der Waals surface area contributed by atoms with Crippen molar-refractivity contribution in [2.75, 3.05) is 56.5 Å². The summed E-state index contributed by atoms with van der Waals surface area (Å²) in [6.45, 7) is 4.88. The normalized spacial score (nSPS) is 19.4. The van der Waals surface area contributed by atoms with Gasteiger partial charge in [0, 0.05) is 62.8 Å². The van der Waals surface area contributed by atoms with Gasteiger partial charge < -0.3 is 20.9 Å². The summed E-state index contributed by atoms with van der Waals surface area (Å²) in [6, 6.07) is 15.9. The highest BCUT2D eigenvalue weighted by Crippen LogP contribution is 2.24. The van der Waals surface area contributed by atoms with Crippen molar-refractivity contribution in [1.82, 2.24) is 15.5 Å². The Morgan fingerprint density at radius 2 is 1.81 bits per heavy atom. The minimum absolute atomic E-state index is 0.0231. The molecule has 2 aromatic rings. The van der Waals surface area contributed by atoms with Gasteiger partial charge in [-0.3, -0.25) is 14.5 Å². The van der Waals surface area contributed by atoms with E-state index in [-0.39, 0.29) is 17.9 Å². The Morgan fingerprint density at radius 1 is 1.03 bits per heavy atom. The van der Waals surface area contributed by atoms with Crippen LogP contribution in [0.25, 0.3) is 0 Å². The largest absolute Gasteiger partial charge is 0.372 e. The van der Waals surface area contributed by atoms with Crippen molar-refractivity contribution in [3.05, 3.63) is 59.7 Å². The molecule has 3 N–H and O–H groups in total. The van der Waals surface area contributed by atoms with Gasteiger partial charge in [-0.25, -0.2) is 0 Å². The van der Waals surface area contributed by atoms with E-state index < -0.39 is 0 Å². The molecule has 2 amide bonds. The number of nitrogens with zero attached hydrogens (tertiary/aromatic N) is 2. The number of carbonyl (C=O) groups excluding carboxylic acids is 2. The molecule has 2 aliphatic rings. The number of carbonyl (C=O) groups is 2. The minimum atomic E-state index is -0.104. The van der Waals surface area contributed by atoms with Crippen LogP contribution in [0.15, 0.2) is 48.5 Å². The zero-order valence-corrected chi connectivity index (χ0v) is 18.8. The van der Waals surface area contributed by atoms with Crippen LogP contribution in [0.4, 0.5) is 11.4 Å². The third-order valence-electron chi connectivity index (χ3n) is 6.33. The fourth-order valence-electron chi connectivity index (χ4n) is 4.59. The monoisotopic (exact) mass is 435 g/mol. The Morgan fingerprint density at radius 3 is 2.56 bits per heavy atom. The second-order valence-electron chi connectivity index (χ2n) is 8.54. The van der Waals surface area contributed by atoms with E-state index in [0.717, 1.165) is 44.0 Å². The molecule has 0 spiro atoms. The Kier molecular flexibility index (Phi) is 7.39. The highest BCUT2D eigenvalue weighted by Gasteiger charge is 2.26. The first-order valence-electron chi connectivity index (χ1n) is 11.6. The van der Waals surface area contributed by atoms with Crippen LogP contribution in [-0.4, -0.2) is 63.0 Å². The molecular formula is C25H33N5O2. The minimum Gasteiger partial charge on any atom is -0.372 e. The van der Waals surface area contributed by atoms with E-state index in [1.165, 1.54) is 24.9 Å². The molecule has 1 atom stereocenters. The lowest BCUT2D eigenvalue weighted by Gasteiger charge is -2.36. The van der Waals surface area contributed by atoms with Gasteiger partial charge in [0.25, 0.3) is 5.91 Å². The van der Waals surface area contributed by atoms with Gasteiger partial charge in [0.15, 0.2) is 0 Å². The Balaban J connectivity index is 1.38. The molecule has 4 rings (SSSR count). The van der Waals surface area contributed by atoms with Crippen LogP contribution < -0.4 is 20.9 Å². The van der Waals surface area contributed by atoms with Crippen molar-refractivity contribution < 1.29 is 9.59 Å². The molecule has 32 heavy (non-hydrogen) atoms. The van der Waals surface area contributed by atoms with Crippen molar-refractivity contribution in [1.29, 1.82) is 0 Å². The summed E-state index contributed by atoms with van der Waals surface area (Å²) in [6.07, 6.45) is 3.81. The van der Waals surface area contributed by atoms with Crippen LogP contribution in [0.1, 0.15) is 41.2 Å². The van der Waals surface area contributed by atoms with Crippen molar-refractivity contribution >= 4 is 23.2 Å². The topological polar surface area (TPSA) is 76.7 Å². The SMILES string of the molecule is CNC(=O)c1cccc(C2CNCCN2CC(=O)Nc2ccc(N3CCCCC3)cc2)c1. The van der Waals surface area contributed by atoms with Gasteiger partial charge >= 0.3 is 0 Å². The average molecular weight is 436 g/mol. The summed E-state index contributed by atoms with van der Waals surface area (Å²) in [4.78, 5) is 29.4. The van der Waals surface area contributed by atoms with Crippen molar-refractivity contribution in [3.8, 4) is 0 Å². The molecule has 7 nitrogen and oxygen atoms in total. The standard InChI is InChI=1S/C25H33N5O2/c1-26-25(32)20-7-5-6-19(16-20)23-17-27-12-15-30(23)18-24(31)28-21-8-10-22(11-9-21)29-13-3-2-4-14-29/h5-11,16,23,27H,2-4,12-15,17-18H2,1H3,(H,26,32)(H,28,31). The van der Waals surface area contributed by atoms with E-state index >= 15 is 0 Å². The number of benzene rings is 2. The fourth-order valence-corrected chi connectivity index (χ4v) is 4.59. The van der Waals surface area contributed by atoms with E-state index in [0.29, 0.717) is 12.1 Å². The summed E-state index contributed by atoms with van der Waals surface area (Å²) >= 11 is 0. The number of piperazine rings is 1. The summed E-state index contributed by atoms with van der Waals surface area (Å²) in [5, 5.41) is 9.13. The molecule has 2 aliphatic heterocycles. The molecular weight excluding hydrogens is 402 g/mol. The van der Waals surface area contributed by atoms with Gasteiger partial charge in [-0.1, -0.05) is 12.1 Å². The van der Waals surface area contributed by atoms with E-state index in [2.05, 4.69) is 37.9 Å². The Hall–Kier alpha value is -2.90. The first kappa shape index (κ1) is 22.3. The van der Waals surface area contributed by atoms with Crippen LogP contribution >= 0.6 is 0 Å². The second-order valence-corrected chi connectivity index (χ2v) is 8.54. The number of piperidine rings is 1. The van der Waals surface area contributed by atoms with Gasteiger partial charge in [0.1, 0.15) is 0 Å². The van der Waals surface area contributed by atoms with Crippen LogP contribution in [-0.2, 0) is 4.79 Å². The lowest BCUT2D eigenvalue weighted by Crippen LogP contribution is -2.48. The zero-order chi connectivity index (χ0) is 22.3. The van der Waals surface area contributed by atoms with Gasteiger partial charge in [-0.15, -0.1) is 0 Å². The molecule has 1 unspecified atom stereocenters. The summed E-state index contributed by atoms with van der Waals surface area (Å²) in [7, 11) is 1.63. The van der Waals surface area contributed by atoms with Gasteiger partial charge in [-0.05, 0) is 61.2 Å². The maximum Gasteiger partial charge on any atom is 0.251 e. The maximum absolute atomic E-state index is 12.8. The molecule has 0 aromatic heterocycles. The van der Waals surface area contributed by atoms with Gasteiger partial charge in [0.05, 0.1) is 6.54 Å². The fraction of sp³-hybridized carbons (Fsp3) is 0.440. The molecule has 0 radical (unpaired) electrons. The maximum atomic E-state index is 12.8. The van der Waals surface area contributed by atoms with E-state index in [1.807, 2.05) is 36.4 Å². The van der Waals surface area contributed by atoms with E-state index in [1.54, 1.807) is 7.05 Å². The lowest BCUT2D eigenvalue weighted by atomic mass is 10.0. The van der Waals surface area contributed by atoms with E-state index in [9.17, 15) is 9.59 Å². The van der Waals surface area contributed by atoms with Crippen molar-refractivity contribution in [3.63, 3.8) is 0 Å². The number of anilines is 2. The first-order valence-corrected chi connectivity index (χ1v) is 11.6. The predicted octanol–water partition coefficient (Wildman–Crippen LogP) is 2.62. The van der Waals surface area contributed by atoms with Gasteiger partial charge in [-0.2, -0.15) is 0 Å². The number of amides is 2. The Bertz CT molecular complexity index is 924. The molecule has 2 aromatic carbocycles. The Labute approximate surface area is 190 Å². The lowest BCUT2D eigenvalue weighted by molar-refractivity contribution is -0.118. The predicted molar refractivity (Wildman–Crippen MR) is 128 cm³/mol. The highest BCUT2D eigenvalue weighted by atomic mass is 16.2. The molecule has 0 bridgehead atoms. The summed E-state index contributed by atoms with van der Waals surface area (Å²) < 4.78 is 0. The van der Waals surface area contributed by atoms with Gasteiger partial charge in [0.2, 0.25) is 5.91 Å². The summed E-state index contributed by atoms with van der Waals surface area (Å²) in [5.41, 5.74) is 3.72. The molecule has 2 heterocycles. The molecule has 170 valence electrons. The number of nitrogens with one attached hydrogen (secondary N) is 3. The second kappa shape index (κ2) is 10.6. The molecule has 2 fully saturated rings. The quantitative estimate of drug-likeness (QED) is 0.650. The third kappa shape index (κ3) is 5.47. The average Bonchev–Trinajstić information content (AvgIpc) is 2.85. The first-order chi connectivity index (χ1) is 15.6.